The van der Waals surface area contributed by atoms with Crippen molar-refractivity contribution in [2.75, 3.05) is 6.61 Å². The molecule has 2 N–H and O–H groups in total. The van der Waals surface area contributed by atoms with Gasteiger partial charge in [-0.2, -0.15) is 0 Å². The van der Waals surface area contributed by atoms with Gasteiger partial charge in [0.1, 0.15) is 0 Å². The van der Waals surface area contributed by atoms with Gasteiger partial charge in [0, 0.05) is 12.1 Å². The van der Waals surface area contributed by atoms with Crippen LogP contribution in [0.4, 0.5) is 0 Å². The zero-order chi connectivity index (χ0) is 8.60. The van der Waals surface area contributed by atoms with Gasteiger partial charge in [0.25, 0.3) is 0 Å². The second-order valence-corrected chi connectivity index (χ2v) is 4.56. The Morgan fingerprint density at radius 3 is 2.58 bits per heavy atom. The van der Waals surface area contributed by atoms with Gasteiger partial charge in [0.2, 0.25) is 0 Å². The number of aliphatic hydroxyl groups excluding tert-OH is 1. The normalized spacial score (nSPS) is 34.0. The topological polar surface area (TPSA) is 32.3 Å². The molecule has 2 nitrogen and oxygen atoms in total. The van der Waals surface area contributed by atoms with Gasteiger partial charge in [-0.15, -0.1) is 0 Å². The van der Waals surface area contributed by atoms with Crippen molar-refractivity contribution in [2.24, 2.45) is 5.41 Å². The van der Waals surface area contributed by atoms with Crippen molar-refractivity contribution >= 4 is 0 Å². The highest BCUT2D eigenvalue weighted by Crippen LogP contribution is 2.55. The molecule has 0 aromatic heterocycles. The van der Waals surface area contributed by atoms with E-state index in [0.29, 0.717) is 11.5 Å². The molecule has 70 valence electrons. The van der Waals surface area contributed by atoms with Crippen LogP contribution in [0.5, 0.6) is 0 Å². The van der Waals surface area contributed by atoms with Crippen LogP contribution in [0.25, 0.3) is 0 Å². The van der Waals surface area contributed by atoms with Crippen LogP contribution in [0.3, 0.4) is 0 Å². The summed E-state index contributed by atoms with van der Waals surface area (Å²) in [6, 6.07) is 1.00. The Kier molecular flexibility index (Phi) is 2.13. The van der Waals surface area contributed by atoms with Crippen LogP contribution < -0.4 is 5.32 Å². The standard InChI is InChI=1S/C10H19NO/c1-8(7-12)11-9-3-6-10(9)4-2-5-10/h8-9,11-12H,2-7H2,1H3. The van der Waals surface area contributed by atoms with Gasteiger partial charge in [-0.25, -0.2) is 0 Å². The Balaban J connectivity index is 1.81. The average molecular weight is 169 g/mol. The van der Waals surface area contributed by atoms with E-state index in [1.54, 1.807) is 0 Å². The summed E-state index contributed by atoms with van der Waals surface area (Å²) < 4.78 is 0. The van der Waals surface area contributed by atoms with Crippen LogP contribution in [-0.2, 0) is 0 Å². The van der Waals surface area contributed by atoms with Gasteiger partial charge in [-0.3, -0.25) is 0 Å². The van der Waals surface area contributed by atoms with Crippen molar-refractivity contribution in [1.29, 1.82) is 0 Å². The molecule has 0 heterocycles. The first kappa shape index (κ1) is 8.52. The van der Waals surface area contributed by atoms with Crippen LogP contribution in [0.2, 0.25) is 0 Å². The summed E-state index contributed by atoms with van der Waals surface area (Å²) in [7, 11) is 0. The zero-order valence-corrected chi connectivity index (χ0v) is 7.84. The summed E-state index contributed by atoms with van der Waals surface area (Å²) in [4.78, 5) is 0. The number of rotatable bonds is 3. The molecule has 0 amide bonds. The minimum absolute atomic E-state index is 0.270. The van der Waals surface area contributed by atoms with Crippen molar-refractivity contribution in [1.82, 2.24) is 5.32 Å². The number of aliphatic hydroxyl groups is 1. The third-order valence-electron chi connectivity index (χ3n) is 3.78. The van der Waals surface area contributed by atoms with Gasteiger partial charge < -0.3 is 10.4 Å². The molecule has 2 heteroatoms. The van der Waals surface area contributed by atoms with Crippen LogP contribution in [0.1, 0.15) is 39.0 Å². The predicted molar refractivity (Wildman–Crippen MR) is 49.0 cm³/mol. The van der Waals surface area contributed by atoms with E-state index in [0.717, 1.165) is 0 Å². The largest absolute Gasteiger partial charge is 0.395 e. The van der Waals surface area contributed by atoms with Gasteiger partial charge in [-0.05, 0) is 38.0 Å². The number of hydrogen-bond donors (Lipinski definition) is 2. The average Bonchev–Trinajstić information content (AvgIpc) is 1.94. The first-order valence-corrected chi connectivity index (χ1v) is 5.14. The van der Waals surface area contributed by atoms with Crippen molar-refractivity contribution in [3.05, 3.63) is 0 Å². The van der Waals surface area contributed by atoms with Crippen LogP contribution in [0, 0.1) is 5.41 Å². The van der Waals surface area contributed by atoms with Crippen molar-refractivity contribution < 1.29 is 5.11 Å². The summed E-state index contributed by atoms with van der Waals surface area (Å²) in [5, 5.41) is 12.4. The highest BCUT2D eigenvalue weighted by molar-refractivity contribution is 5.05. The molecule has 12 heavy (non-hydrogen) atoms. The lowest BCUT2D eigenvalue weighted by Gasteiger charge is -2.57. The van der Waals surface area contributed by atoms with E-state index in [-0.39, 0.29) is 12.6 Å². The van der Waals surface area contributed by atoms with Gasteiger partial charge in [-0.1, -0.05) is 6.42 Å². The maximum Gasteiger partial charge on any atom is 0.0582 e. The van der Waals surface area contributed by atoms with E-state index in [2.05, 4.69) is 12.2 Å². The maximum atomic E-state index is 8.90. The summed E-state index contributed by atoms with van der Waals surface area (Å²) in [5.74, 6) is 0. The van der Waals surface area contributed by atoms with Crippen molar-refractivity contribution in [3.8, 4) is 0 Å². The minimum Gasteiger partial charge on any atom is -0.395 e. The van der Waals surface area contributed by atoms with Crippen LogP contribution >= 0.6 is 0 Å². The van der Waals surface area contributed by atoms with E-state index >= 15 is 0 Å². The second-order valence-electron chi connectivity index (χ2n) is 4.56. The summed E-state index contributed by atoms with van der Waals surface area (Å²) in [6.45, 7) is 2.33. The molecule has 0 radical (unpaired) electrons. The lowest BCUT2D eigenvalue weighted by molar-refractivity contribution is -0.0246. The molecule has 0 aliphatic heterocycles. The molecule has 2 atom stereocenters. The first-order valence-electron chi connectivity index (χ1n) is 5.14. The molecule has 0 aromatic rings. The fourth-order valence-corrected chi connectivity index (χ4v) is 2.58. The zero-order valence-electron chi connectivity index (χ0n) is 7.84. The van der Waals surface area contributed by atoms with E-state index < -0.39 is 0 Å². The van der Waals surface area contributed by atoms with Crippen LogP contribution in [-0.4, -0.2) is 23.8 Å². The molecule has 2 rings (SSSR count). The molecule has 1 spiro atoms. The Hall–Kier alpha value is -0.0800. The monoisotopic (exact) mass is 169 g/mol. The quantitative estimate of drug-likeness (QED) is 0.667. The molecular weight excluding hydrogens is 150 g/mol. The SMILES string of the molecule is CC(CO)NC1CCC12CCC2. The lowest BCUT2D eigenvalue weighted by atomic mass is 9.53. The molecule has 0 aromatic carbocycles. The van der Waals surface area contributed by atoms with E-state index in [9.17, 15) is 0 Å². The smallest absolute Gasteiger partial charge is 0.0582 e. The van der Waals surface area contributed by atoms with E-state index in [1.165, 1.54) is 32.1 Å². The van der Waals surface area contributed by atoms with Gasteiger partial charge in [0.15, 0.2) is 0 Å². The molecule has 2 unspecified atom stereocenters. The van der Waals surface area contributed by atoms with Crippen molar-refractivity contribution in [3.63, 3.8) is 0 Å². The third kappa shape index (κ3) is 1.17. The molecule has 0 saturated heterocycles. The van der Waals surface area contributed by atoms with E-state index in [1.807, 2.05) is 0 Å². The minimum atomic E-state index is 0.270. The Morgan fingerprint density at radius 2 is 2.25 bits per heavy atom. The fraction of sp³-hybridized carbons (Fsp3) is 1.00. The van der Waals surface area contributed by atoms with Crippen molar-refractivity contribution in [2.45, 2.75) is 51.1 Å². The summed E-state index contributed by atoms with van der Waals surface area (Å²) in [6.07, 6.45) is 7.00. The summed E-state index contributed by atoms with van der Waals surface area (Å²) >= 11 is 0. The highest BCUT2D eigenvalue weighted by Gasteiger charge is 2.50. The molecule has 2 fully saturated rings. The molecule has 2 saturated carbocycles. The fourth-order valence-electron chi connectivity index (χ4n) is 2.58. The molecule has 0 bridgehead atoms. The third-order valence-corrected chi connectivity index (χ3v) is 3.78. The number of nitrogens with one attached hydrogen (secondary N) is 1. The lowest BCUT2D eigenvalue weighted by Crippen LogP contribution is -2.59. The number of hydrogen-bond acceptors (Lipinski definition) is 2. The Morgan fingerprint density at radius 1 is 1.50 bits per heavy atom. The predicted octanol–water partition coefficient (Wildman–Crippen LogP) is 1.29. The first-order chi connectivity index (χ1) is 5.77. The molecule has 2 aliphatic rings. The van der Waals surface area contributed by atoms with E-state index in [4.69, 9.17) is 5.11 Å². The van der Waals surface area contributed by atoms with Gasteiger partial charge >= 0.3 is 0 Å². The highest BCUT2D eigenvalue weighted by atomic mass is 16.3. The maximum absolute atomic E-state index is 8.90. The van der Waals surface area contributed by atoms with Crippen LogP contribution in [0.15, 0.2) is 0 Å². The molecular formula is C10H19NO. The molecule has 2 aliphatic carbocycles. The second kappa shape index (κ2) is 3.00. The Labute approximate surface area is 74.4 Å². The summed E-state index contributed by atoms with van der Waals surface area (Å²) in [5.41, 5.74) is 0.670. The van der Waals surface area contributed by atoms with Gasteiger partial charge in [0.05, 0.1) is 6.61 Å². The Bertz CT molecular complexity index is 160.